The fourth-order valence-corrected chi connectivity index (χ4v) is 4.71. The zero-order valence-electron chi connectivity index (χ0n) is 19.2. The summed E-state index contributed by atoms with van der Waals surface area (Å²) in [5.41, 5.74) is 3.79. The third kappa shape index (κ3) is 5.95. The van der Waals surface area contributed by atoms with E-state index in [0.29, 0.717) is 17.8 Å². The predicted molar refractivity (Wildman–Crippen MR) is 128 cm³/mol. The lowest BCUT2D eigenvalue weighted by Crippen LogP contribution is -2.46. The minimum absolute atomic E-state index is 0.00998. The number of hydrogen-bond acceptors (Lipinski definition) is 5. The van der Waals surface area contributed by atoms with Gasteiger partial charge in [-0.05, 0) is 54.8 Å². The first-order valence-electron chi connectivity index (χ1n) is 11.1. The maximum Gasteiger partial charge on any atom is 0.416 e. The number of carbonyl (C=O) groups excluding carboxylic acids is 1. The number of thiazole rings is 1. The van der Waals surface area contributed by atoms with Crippen molar-refractivity contribution < 1.29 is 18.0 Å². The molecule has 3 aromatic rings. The van der Waals surface area contributed by atoms with Gasteiger partial charge in [0.2, 0.25) is 0 Å². The lowest BCUT2D eigenvalue weighted by molar-refractivity contribution is -0.137. The molecule has 1 aliphatic heterocycles. The number of nitrogens with zero attached hydrogens (tertiary/aromatic N) is 3. The van der Waals surface area contributed by atoms with Gasteiger partial charge in [-0.25, -0.2) is 4.98 Å². The number of amides is 1. The molecule has 0 unspecified atom stereocenters. The second-order valence-corrected chi connectivity index (χ2v) is 9.48. The van der Waals surface area contributed by atoms with E-state index in [0.717, 1.165) is 43.3 Å². The molecule has 1 N–H and O–H groups in total. The van der Waals surface area contributed by atoms with E-state index in [2.05, 4.69) is 52.1 Å². The standard InChI is InChI=1S/C25H27F3N4OS/c1-17-6-7-21(12-18(17)2)32-10-8-31(9-11-32)15-23-30-22(16-34-23)24(33)29-14-19-4-3-5-20(13-19)25(26,27)28/h3-7,12-13,16H,8-11,14-15H2,1-2H3,(H,29,33). The number of carbonyl (C=O) groups is 1. The Balaban J connectivity index is 1.27. The molecule has 34 heavy (non-hydrogen) atoms. The van der Waals surface area contributed by atoms with Crippen LogP contribution in [0.2, 0.25) is 0 Å². The van der Waals surface area contributed by atoms with Crippen LogP contribution in [-0.2, 0) is 19.3 Å². The van der Waals surface area contributed by atoms with Crippen LogP contribution >= 0.6 is 11.3 Å². The van der Waals surface area contributed by atoms with Gasteiger partial charge < -0.3 is 10.2 Å². The van der Waals surface area contributed by atoms with Crippen LogP contribution in [0.25, 0.3) is 0 Å². The number of alkyl halides is 3. The van der Waals surface area contributed by atoms with Crippen LogP contribution < -0.4 is 10.2 Å². The zero-order valence-corrected chi connectivity index (χ0v) is 20.0. The summed E-state index contributed by atoms with van der Waals surface area (Å²) >= 11 is 1.42. The van der Waals surface area contributed by atoms with Gasteiger partial charge in [-0.1, -0.05) is 18.2 Å². The second kappa shape index (κ2) is 10.1. The Morgan fingerprint density at radius 1 is 1.06 bits per heavy atom. The highest BCUT2D eigenvalue weighted by molar-refractivity contribution is 7.09. The van der Waals surface area contributed by atoms with Crippen LogP contribution in [-0.4, -0.2) is 42.0 Å². The van der Waals surface area contributed by atoms with Gasteiger partial charge >= 0.3 is 6.18 Å². The quantitative estimate of drug-likeness (QED) is 0.529. The van der Waals surface area contributed by atoms with Crippen molar-refractivity contribution in [1.29, 1.82) is 0 Å². The van der Waals surface area contributed by atoms with E-state index < -0.39 is 11.7 Å². The van der Waals surface area contributed by atoms with Crippen molar-refractivity contribution in [3.63, 3.8) is 0 Å². The number of anilines is 1. The summed E-state index contributed by atoms with van der Waals surface area (Å²) in [4.78, 5) is 21.6. The van der Waals surface area contributed by atoms with Crippen molar-refractivity contribution in [2.75, 3.05) is 31.1 Å². The van der Waals surface area contributed by atoms with E-state index in [1.54, 1.807) is 11.4 Å². The van der Waals surface area contributed by atoms with Gasteiger partial charge in [0.1, 0.15) is 10.7 Å². The van der Waals surface area contributed by atoms with Gasteiger partial charge in [-0.3, -0.25) is 9.69 Å². The molecule has 180 valence electrons. The zero-order chi connectivity index (χ0) is 24.3. The summed E-state index contributed by atoms with van der Waals surface area (Å²) in [6, 6.07) is 11.5. The van der Waals surface area contributed by atoms with E-state index in [1.165, 1.54) is 34.2 Å². The maximum absolute atomic E-state index is 12.9. The lowest BCUT2D eigenvalue weighted by atomic mass is 10.1. The number of benzene rings is 2. The third-order valence-corrected chi connectivity index (χ3v) is 6.91. The molecule has 4 rings (SSSR count). The molecule has 2 aromatic carbocycles. The first-order valence-corrected chi connectivity index (χ1v) is 12.0. The Labute approximate surface area is 201 Å². The van der Waals surface area contributed by atoms with Gasteiger partial charge in [0.05, 0.1) is 12.1 Å². The highest BCUT2D eigenvalue weighted by Crippen LogP contribution is 2.29. The van der Waals surface area contributed by atoms with Crippen LogP contribution in [0, 0.1) is 13.8 Å². The molecular weight excluding hydrogens is 461 g/mol. The molecule has 0 atom stereocenters. The average molecular weight is 489 g/mol. The summed E-state index contributed by atoms with van der Waals surface area (Å²) in [5.74, 6) is -0.389. The molecular formula is C25H27F3N4OS. The summed E-state index contributed by atoms with van der Waals surface area (Å²) < 4.78 is 38.6. The van der Waals surface area contributed by atoms with Crippen LogP contribution in [0.3, 0.4) is 0 Å². The average Bonchev–Trinajstić information content (AvgIpc) is 3.28. The van der Waals surface area contributed by atoms with Crippen molar-refractivity contribution in [3.8, 4) is 0 Å². The number of nitrogens with one attached hydrogen (secondary N) is 1. The van der Waals surface area contributed by atoms with E-state index >= 15 is 0 Å². The number of rotatable bonds is 6. The predicted octanol–water partition coefficient (Wildman–Crippen LogP) is 5.03. The summed E-state index contributed by atoms with van der Waals surface area (Å²) in [6.45, 7) is 8.60. The van der Waals surface area contributed by atoms with Gasteiger partial charge in [0.25, 0.3) is 5.91 Å². The first-order chi connectivity index (χ1) is 16.2. The smallest absolute Gasteiger partial charge is 0.369 e. The lowest BCUT2D eigenvalue weighted by Gasteiger charge is -2.36. The van der Waals surface area contributed by atoms with Crippen molar-refractivity contribution in [2.45, 2.75) is 33.1 Å². The minimum Gasteiger partial charge on any atom is -0.369 e. The van der Waals surface area contributed by atoms with Crippen LogP contribution in [0.5, 0.6) is 0 Å². The molecule has 2 heterocycles. The van der Waals surface area contributed by atoms with Crippen molar-refractivity contribution in [1.82, 2.24) is 15.2 Å². The van der Waals surface area contributed by atoms with Crippen molar-refractivity contribution >= 4 is 22.9 Å². The van der Waals surface area contributed by atoms with Crippen molar-refractivity contribution in [3.05, 3.63) is 80.8 Å². The van der Waals surface area contributed by atoms with E-state index in [-0.39, 0.29) is 12.5 Å². The molecule has 9 heteroatoms. The normalized spacial score (nSPS) is 14.9. The van der Waals surface area contributed by atoms with E-state index in [1.807, 2.05) is 0 Å². The Morgan fingerprint density at radius 3 is 2.53 bits per heavy atom. The number of aryl methyl sites for hydroxylation is 2. The van der Waals surface area contributed by atoms with Gasteiger partial charge in [0, 0.05) is 43.8 Å². The van der Waals surface area contributed by atoms with Crippen LogP contribution in [0.1, 0.15) is 37.7 Å². The topological polar surface area (TPSA) is 48.5 Å². The summed E-state index contributed by atoms with van der Waals surface area (Å²) in [6.07, 6.45) is -4.41. The Kier molecular flexibility index (Phi) is 7.23. The number of aromatic nitrogens is 1. The molecule has 1 fully saturated rings. The molecule has 1 saturated heterocycles. The summed E-state index contributed by atoms with van der Waals surface area (Å²) in [7, 11) is 0. The number of hydrogen-bond donors (Lipinski definition) is 1. The number of piperazine rings is 1. The molecule has 0 bridgehead atoms. The van der Waals surface area contributed by atoms with Gasteiger partial charge in [-0.15, -0.1) is 11.3 Å². The molecule has 0 aliphatic carbocycles. The minimum atomic E-state index is -4.41. The maximum atomic E-state index is 12.9. The monoisotopic (exact) mass is 488 g/mol. The molecule has 1 aliphatic rings. The Hall–Kier alpha value is -2.91. The second-order valence-electron chi connectivity index (χ2n) is 8.54. The molecule has 0 spiro atoms. The third-order valence-electron chi connectivity index (χ3n) is 6.08. The fraction of sp³-hybridized carbons (Fsp3) is 0.360. The number of halogens is 3. The Bertz CT molecular complexity index is 1150. The first kappa shape index (κ1) is 24.2. The largest absolute Gasteiger partial charge is 0.416 e. The van der Waals surface area contributed by atoms with Gasteiger partial charge in [-0.2, -0.15) is 13.2 Å². The molecule has 5 nitrogen and oxygen atoms in total. The van der Waals surface area contributed by atoms with Crippen LogP contribution in [0.4, 0.5) is 18.9 Å². The highest BCUT2D eigenvalue weighted by atomic mass is 32.1. The van der Waals surface area contributed by atoms with E-state index in [9.17, 15) is 18.0 Å². The molecule has 1 amide bonds. The summed E-state index contributed by atoms with van der Waals surface area (Å²) in [5, 5.41) is 5.21. The SMILES string of the molecule is Cc1ccc(N2CCN(Cc3nc(C(=O)NCc4cccc(C(F)(F)F)c4)cs3)CC2)cc1C. The Morgan fingerprint density at radius 2 is 1.82 bits per heavy atom. The van der Waals surface area contributed by atoms with Crippen molar-refractivity contribution in [2.24, 2.45) is 0 Å². The molecule has 0 radical (unpaired) electrons. The molecule has 0 saturated carbocycles. The van der Waals surface area contributed by atoms with Gasteiger partial charge in [0.15, 0.2) is 0 Å². The fourth-order valence-electron chi connectivity index (χ4n) is 3.90. The van der Waals surface area contributed by atoms with E-state index in [4.69, 9.17) is 0 Å². The highest BCUT2D eigenvalue weighted by Gasteiger charge is 2.30. The molecule has 1 aromatic heterocycles. The van der Waals surface area contributed by atoms with Crippen LogP contribution in [0.15, 0.2) is 47.8 Å².